The van der Waals surface area contributed by atoms with Gasteiger partial charge >= 0.3 is 0 Å². The molecule has 2 N–H and O–H groups in total. The smallest absolute Gasteiger partial charge is 0.239 e. The Hall–Kier alpha value is -1.48. The molecule has 0 saturated carbocycles. The molecule has 1 unspecified atom stereocenters. The molecular weight excluding hydrogens is 400 g/mol. The van der Waals surface area contributed by atoms with Crippen LogP contribution < -0.4 is 20.1 Å². The van der Waals surface area contributed by atoms with Gasteiger partial charge < -0.3 is 20.1 Å². The van der Waals surface area contributed by atoms with Crippen molar-refractivity contribution in [1.29, 1.82) is 0 Å². The Morgan fingerprint density at radius 1 is 1.29 bits per heavy atom. The maximum absolute atomic E-state index is 12.1. The molecule has 0 radical (unpaired) electrons. The summed E-state index contributed by atoms with van der Waals surface area (Å²) in [4.78, 5) is 12.1. The molecule has 1 aromatic rings. The first-order chi connectivity index (χ1) is 11.3. The van der Waals surface area contributed by atoms with Gasteiger partial charge in [-0.2, -0.15) is 0 Å². The van der Waals surface area contributed by atoms with E-state index in [1.807, 2.05) is 0 Å². The molecule has 0 aliphatic carbocycles. The summed E-state index contributed by atoms with van der Waals surface area (Å²) in [6, 6.07) is 3.56. The van der Waals surface area contributed by atoms with Crippen molar-refractivity contribution in [2.24, 2.45) is 0 Å². The van der Waals surface area contributed by atoms with Crippen LogP contribution in [0.1, 0.15) is 13.3 Å². The van der Waals surface area contributed by atoms with Crippen LogP contribution in [0.4, 0.5) is 5.69 Å². The van der Waals surface area contributed by atoms with Crippen LogP contribution in [0.25, 0.3) is 0 Å². The summed E-state index contributed by atoms with van der Waals surface area (Å²) in [7, 11) is -3.06. The SMILES string of the molecule is CC1(NC(=O)CNc2cc3c(cc2Br)OCCO3)CCS(=O)(=O)C1. The number of nitrogens with one attached hydrogen (secondary N) is 2. The van der Waals surface area contributed by atoms with Gasteiger partial charge in [0.25, 0.3) is 0 Å². The highest BCUT2D eigenvalue weighted by atomic mass is 79.9. The van der Waals surface area contributed by atoms with Crippen LogP contribution >= 0.6 is 15.9 Å². The summed E-state index contributed by atoms with van der Waals surface area (Å²) >= 11 is 3.43. The van der Waals surface area contributed by atoms with Crippen LogP contribution in [0.3, 0.4) is 0 Å². The highest BCUT2D eigenvalue weighted by Crippen LogP contribution is 2.38. The van der Waals surface area contributed by atoms with E-state index in [1.165, 1.54) is 0 Å². The second-order valence-electron chi connectivity index (χ2n) is 6.28. The molecule has 2 aliphatic heterocycles. The van der Waals surface area contributed by atoms with E-state index in [0.717, 1.165) is 4.47 Å². The van der Waals surface area contributed by atoms with Crippen LogP contribution in [0.5, 0.6) is 11.5 Å². The van der Waals surface area contributed by atoms with E-state index in [4.69, 9.17) is 9.47 Å². The van der Waals surface area contributed by atoms with Crippen molar-refractivity contribution in [3.05, 3.63) is 16.6 Å². The number of rotatable bonds is 4. The van der Waals surface area contributed by atoms with E-state index in [-0.39, 0.29) is 24.0 Å². The fourth-order valence-corrected chi connectivity index (χ4v) is 5.42. The summed E-state index contributed by atoms with van der Waals surface area (Å²) in [6.45, 7) is 2.79. The number of anilines is 1. The molecule has 1 aromatic carbocycles. The third-order valence-corrected chi connectivity index (χ3v) is 6.57. The molecule has 0 bridgehead atoms. The number of fused-ring (bicyclic) bond motifs is 1. The number of sulfone groups is 1. The molecule has 3 rings (SSSR count). The number of hydrogen-bond donors (Lipinski definition) is 2. The van der Waals surface area contributed by atoms with Crippen molar-refractivity contribution in [2.45, 2.75) is 18.9 Å². The minimum absolute atomic E-state index is 0.0144. The largest absolute Gasteiger partial charge is 0.486 e. The van der Waals surface area contributed by atoms with Gasteiger partial charge in [-0.25, -0.2) is 8.42 Å². The first kappa shape index (κ1) is 17.3. The average Bonchev–Trinajstić information content (AvgIpc) is 2.78. The van der Waals surface area contributed by atoms with Gasteiger partial charge in [0.1, 0.15) is 13.2 Å². The number of carbonyl (C=O) groups is 1. The normalized spacial score (nSPS) is 24.4. The van der Waals surface area contributed by atoms with E-state index in [0.29, 0.717) is 36.8 Å². The zero-order valence-electron chi connectivity index (χ0n) is 13.2. The molecule has 1 fully saturated rings. The van der Waals surface area contributed by atoms with Crippen molar-refractivity contribution in [3.8, 4) is 11.5 Å². The van der Waals surface area contributed by atoms with Crippen molar-refractivity contribution in [1.82, 2.24) is 5.32 Å². The lowest BCUT2D eigenvalue weighted by Crippen LogP contribution is -2.48. The summed E-state index contributed by atoms with van der Waals surface area (Å²) in [5.41, 5.74) is 0.0142. The monoisotopic (exact) mass is 418 g/mol. The van der Waals surface area contributed by atoms with Gasteiger partial charge in [0.05, 0.1) is 29.3 Å². The Morgan fingerprint density at radius 3 is 2.58 bits per heavy atom. The lowest BCUT2D eigenvalue weighted by atomic mass is 10.0. The summed E-state index contributed by atoms with van der Waals surface area (Å²) in [5, 5.41) is 5.84. The van der Waals surface area contributed by atoms with Crippen LogP contribution in [-0.2, 0) is 14.6 Å². The zero-order chi connectivity index (χ0) is 17.4. The molecular formula is C15H19BrN2O5S. The summed E-state index contributed by atoms with van der Waals surface area (Å²) < 4.78 is 34.9. The third kappa shape index (κ3) is 3.94. The van der Waals surface area contributed by atoms with Gasteiger partial charge in [-0.1, -0.05) is 0 Å². The highest BCUT2D eigenvalue weighted by Gasteiger charge is 2.39. The average molecular weight is 419 g/mol. The van der Waals surface area contributed by atoms with Crippen molar-refractivity contribution in [2.75, 3.05) is 36.6 Å². The number of carbonyl (C=O) groups excluding carboxylic acids is 1. The van der Waals surface area contributed by atoms with Gasteiger partial charge in [0.2, 0.25) is 5.91 Å². The number of amides is 1. The van der Waals surface area contributed by atoms with Crippen molar-refractivity contribution < 1.29 is 22.7 Å². The van der Waals surface area contributed by atoms with E-state index in [9.17, 15) is 13.2 Å². The van der Waals surface area contributed by atoms with E-state index < -0.39 is 15.4 Å². The Labute approximate surface area is 149 Å². The minimum atomic E-state index is -3.06. The molecule has 1 atom stereocenters. The van der Waals surface area contributed by atoms with Crippen LogP contribution in [0, 0.1) is 0 Å². The number of benzene rings is 1. The third-order valence-electron chi connectivity index (χ3n) is 4.02. The number of ether oxygens (including phenoxy) is 2. The molecule has 7 nitrogen and oxygen atoms in total. The standard InChI is InChI=1S/C15H19BrN2O5S/c1-15(2-5-24(20,21)9-15)18-14(19)8-17-11-7-13-12(6-10(11)16)22-3-4-23-13/h6-7,17H,2-5,8-9H2,1H3,(H,18,19). The van der Waals surface area contributed by atoms with Crippen LogP contribution in [0.15, 0.2) is 16.6 Å². The molecule has 0 spiro atoms. The fraction of sp³-hybridized carbons (Fsp3) is 0.533. The van der Waals surface area contributed by atoms with Crippen molar-refractivity contribution >= 4 is 37.4 Å². The Bertz CT molecular complexity index is 767. The lowest BCUT2D eigenvalue weighted by molar-refractivity contribution is -0.120. The summed E-state index contributed by atoms with van der Waals surface area (Å²) in [6.07, 6.45) is 0.439. The van der Waals surface area contributed by atoms with Crippen LogP contribution in [-0.4, -0.2) is 51.1 Å². The first-order valence-corrected chi connectivity index (χ1v) is 10.2. The maximum atomic E-state index is 12.1. The van der Waals surface area contributed by atoms with Crippen LogP contribution in [0.2, 0.25) is 0 Å². The molecule has 1 amide bonds. The quantitative estimate of drug-likeness (QED) is 0.765. The summed E-state index contributed by atoms with van der Waals surface area (Å²) in [5.74, 6) is 1.13. The molecule has 24 heavy (non-hydrogen) atoms. The van der Waals surface area contributed by atoms with Gasteiger partial charge in [-0.05, 0) is 29.3 Å². The molecule has 2 aliphatic rings. The molecule has 9 heteroatoms. The second-order valence-corrected chi connectivity index (χ2v) is 9.32. The lowest BCUT2D eigenvalue weighted by Gasteiger charge is -2.24. The van der Waals surface area contributed by atoms with Crippen molar-refractivity contribution in [3.63, 3.8) is 0 Å². The molecule has 1 saturated heterocycles. The van der Waals surface area contributed by atoms with Gasteiger partial charge in [-0.3, -0.25) is 4.79 Å². The van der Waals surface area contributed by atoms with Gasteiger partial charge in [-0.15, -0.1) is 0 Å². The first-order valence-electron chi connectivity index (χ1n) is 7.61. The van der Waals surface area contributed by atoms with E-state index >= 15 is 0 Å². The molecule has 132 valence electrons. The number of halogens is 1. The Morgan fingerprint density at radius 2 is 1.96 bits per heavy atom. The second kappa shape index (κ2) is 6.44. The Balaban J connectivity index is 1.61. The van der Waals surface area contributed by atoms with E-state index in [1.54, 1.807) is 19.1 Å². The highest BCUT2D eigenvalue weighted by molar-refractivity contribution is 9.10. The fourth-order valence-electron chi connectivity index (χ4n) is 2.86. The molecule has 0 aromatic heterocycles. The van der Waals surface area contributed by atoms with E-state index in [2.05, 4.69) is 26.6 Å². The maximum Gasteiger partial charge on any atom is 0.239 e. The van der Waals surface area contributed by atoms with Gasteiger partial charge in [0.15, 0.2) is 21.3 Å². The Kier molecular flexibility index (Phi) is 4.65. The molecule has 2 heterocycles. The number of hydrogen-bond acceptors (Lipinski definition) is 6. The van der Waals surface area contributed by atoms with Gasteiger partial charge in [0, 0.05) is 16.6 Å². The zero-order valence-corrected chi connectivity index (χ0v) is 15.6. The topological polar surface area (TPSA) is 93.7 Å². The predicted molar refractivity (Wildman–Crippen MR) is 93.4 cm³/mol. The minimum Gasteiger partial charge on any atom is -0.486 e. The predicted octanol–water partition coefficient (Wildman–Crippen LogP) is 1.33.